The fourth-order valence-corrected chi connectivity index (χ4v) is 2.56. The Morgan fingerprint density at radius 2 is 1.88 bits per heavy atom. The van der Waals surface area contributed by atoms with Gasteiger partial charge in [-0.3, -0.25) is 4.79 Å². The number of H-pyrrole nitrogens is 1. The Morgan fingerprint density at radius 1 is 1.25 bits per heavy atom. The van der Waals surface area contributed by atoms with Crippen LogP contribution in [0.25, 0.3) is 6.08 Å². The Bertz CT molecular complexity index is 824. The summed E-state index contributed by atoms with van der Waals surface area (Å²) >= 11 is 0. The summed E-state index contributed by atoms with van der Waals surface area (Å²) in [4.78, 5) is 14.1. The summed E-state index contributed by atoms with van der Waals surface area (Å²) in [6.45, 7) is 8.21. The van der Waals surface area contributed by atoms with E-state index in [1.165, 1.54) is 0 Å². The van der Waals surface area contributed by atoms with Crippen LogP contribution in [-0.2, 0) is 12.3 Å². The number of benzene rings is 1. The zero-order valence-corrected chi connectivity index (χ0v) is 14.1. The number of aryl methyl sites for hydroxylation is 2. The number of hydrogen-bond donors (Lipinski definition) is 1. The maximum atomic E-state index is 13.9. The number of aromatic amines is 1. The maximum Gasteiger partial charge on any atom is 0.271 e. The molecule has 0 amide bonds. The topological polar surface area (TPSA) is 32.9 Å². The Morgan fingerprint density at radius 3 is 2.42 bits per heavy atom. The molecule has 0 unspecified atom stereocenters. The summed E-state index contributed by atoms with van der Waals surface area (Å²) in [6, 6.07) is 8.98. The number of nitrogens with one attached hydrogen (secondary N) is 1. The molecule has 0 aliphatic carbocycles. The van der Waals surface area contributed by atoms with Crippen molar-refractivity contribution in [1.29, 1.82) is 0 Å². The average molecular weight is 329 g/mol. The maximum absolute atomic E-state index is 13.9. The Kier molecular flexibility index (Phi) is 5.17. The third-order valence-corrected chi connectivity index (χ3v) is 3.87. The van der Waals surface area contributed by atoms with Gasteiger partial charge in [-0.1, -0.05) is 42.5 Å². The molecular weight excluding hydrogens is 308 g/mol. The fraction of sp³-hybridized carbons (Fsp3) is 0.250. The van der Waals surface area contributed by atoms with E-state index in [0.29, 0.717) is 17.7 Å². The van der Waals surface area contributed by atoms with Crippen molar-refractivity contribution in [2.24, 2.45) is 0 Å². The first kappa shape index (κ1) is 17.9. The van der Waals surface area contributed by atoms with E-state index in [1.54, 1.807) is 19.1 Å². The van der Waals surface area contributed by atoms with Gasteiger partial charge < -0.3 is 4.98 Å². The quantitative estimate of drug-likeness (QED) is 0.776. The second kappa shape index (κ2) is 6.95. The molecule has 1 N–H and O–H groups in total. The summed E-state index contributed by atoms with van der Waals surface area (Å²) in [5.74, 6) is -3.10. The second-order valence-electron chi connectivity index (χ2n) is 6.06. The van der Waals surface area contributed by atoms with Crippen LogP contribution in [0, 0.1) is 13.8 Å². The smallest absolute Gasteiger partial charge is 0.271 e. The molecule has 2 aromatic rings. The minimum absolute atomic E-state index is 0.271. The number of rotatable bonds is 5. The molecule has 0 radical (unpaired) electrons. The van der Waals surface area contributed by atoms with Gasteiger partial charge >= 0.3 is 0 Å². The summed E-state index contributed by atoms with van der Waals surface area (Å²) in [5.41, 5.74) is 2.99. The molecule has 0 atom stereocenters. The summed E-state index contributed by atoms with van der Waals surface area (Å²) in [6.07, 6.45) is 3.91. The van der Waals surface area contributed by atoms with Gasteiger partial charge in [-0.05, 0) is 37.5 Å². The zero-order chi connectivity index (χ0) is 17.9. The fourth-order valence-electron chi connectivity index (χ4n) is 2.56. The summed E-state index contributed by atoms with van der Waals surface area (Å²) < 4.78 is 27.8. The van der Waals surface area contributed by atoms with Crippen molar-refractivity contribution >= 4 is 6.08 Å². The lowest BCUT2D eigenvalue weighted by Crippen LogP contribution is -2.18. The van der Waals surface area contributed by atoms with E-state index in [2.05, 4.69) is 11.6 Å². The van der Waals surface area contributed by atoms with Crippen molar-refractivity contribution < 1.29 is 8.78 Å². The van der Waals surface area contributed by atoms with Gasteiger partial charge in [-0.2, -0.15) is 0 Å². The molecule has 126 valence electrons. The minimum atomic E-state index is -3.10. The lowest BCUT2D eigenvalue weighted by molar-refractivity contribution is 0.0170. The molecule has 2 rings (SSSR count). The first-order valence-electron chi connectivity index (χ1n) is 7.71. The van der Waals surface area contributed by atoms with Crippen LogP contribution in [0.5, 0.6) is 0 Å². The van der Waals surface area contributed by atoms with Gasteiger partial charge in [0.2, 0.25) is 5.56 Å². The number of pyridine rings is 1. The van der Waals surface area contributed by atoms with E-state index in [0.717, 1.165) is 29.7 Å². The number of allylic oxidation sites excluding steroid dienone is 2. The zero-order valence-electron chi connectivity index (χ0n) is 14.1. The summed E-state index contributed by atoms with van der Waals surface area (Å²) in [5, 5.41) is 0. The first-order chi connectivity index (χ1) is 11.2. The van der Waals surface area contributed by atoms with Crippen LogP contribution in [-0.4, -0.2) is 4.98 Å². The van der Waals surface area contributed by atoms with Crippen molar-refractivity contribution in [3.63, 3.8) is 0 Å². The van der Waals surface area contributed by atoms with Crippen molar-refractivity contribution in [3.05, 3.63) is 86.9 Å². The molecule has 0 saturated heterocycles. The molecular formula is C20H21F2NO. The predicted octanol–water partition coefficient (Wildman–Crippen LogP) is 4.92. The van der Waals surface area contributed by atoms with E-state index < -0.39 is 11.5 Å². The molecule has 0 fully saturated rings. The third kappa shape index (κ3) is 4.28. The molecule has 0 saturated carbocycles. The van der Waals surface area contributed by atoms with Crippen molar-refractivity contribution in [3.8, 4) is 0 Å². The Labute approximate surface area is 140 Å². The predicted molar refractivity (Wildman–Crippen MR) is 94.4 cm³/mol. The molecule has 0 bridgehead atoms. The lowest BCUT2D eigenvalue weighted by atomic mass is 9.96. The largest absolute Gasteiger partial charge is 0.326 e. The molecule has 1 heterocycles. The van der Waals surface area contributed by atoms with E-state index in [4.69, 9.17) is 0 Å². The highest BCUT2D eigenvalue weighted by atomic mass is 19.3. The van der Waals surface area contributed by atoms with Crippen molar-refractivity contribution in [2.75, 3.05) is 0 Å². The molecule has 0 spiro atoms. The van der Waals surface area contributed by atoms with Crippen LogP contribution < -0.4 is 5.56 Å². The van der Waals surface area contributed by atoms with Crippen molar-refractivity contribution in [2.45, 2.75) is 33.1 Å². The number of alkyl halides is 2. The minimum Gasteiger partial charge on any atom is -0.326 e. The van der Waals surface area contributed by atoms with Crippen LogP contribution in [0.3, 0.4) is 0 Å². The second-order valence-corrected chi connectivity index (χ2v) is 6.06. The van der Waals surface area contributed by atoms with E-state index in [1.807, 2.05) is 31.2 Å². The molecule has 24 heavy (non-hydrogen) atoms. The van der Waals surface area contributed by atoms with Gasteiger partial charge in [-0.15, -0.1) is 0 Å². The van der Waals surface area contributed by atoms with Crippen LogP contribution in [0.2, 0.25) is 0 Å². The van der Waals surface area contributed by atoms with Gasteiger partial charge in [0.1, 0.15) is 0 Å². The highest BCUT2D eigenvalue weighted by Crippen LogP contribution is 2.31. The number of aromatic nitrogens is 1. The van der Waals surface area contributed by atoms with E-state index >= 15 is 0 Å². The van der Waals surface area contributed by atoms with Gasteiger partial charge in [-0.25, -0.2) is 8.78 Å². The standard InChI is InChI=1S/C20H21F2NO/c1-5-15(10-16-8-6-13(2)7-9-16)11-17-14(3)23-19(24)12-18(17)20(4,21)22/h5-9,11-12H,1,10H2,2-4H3,(H,23,24)/b15-11+. The SMILES string of the molecule is C=C/C(=C\c1c(C(C)(F)F)cc(=O)[nH]c1C)Cc1ccc(C)cc1. The molecule has 1 aromatic carbocycles. The number of halogens is 2. The highest BCUT2D eigenvalue weighted by Gasteiger charge is 2.28. The molecule has 2 nitrogen and oxygen atoms in total. The first-order valence-corrected chi connectivity index (χ1v) is 7.71. The Hall–Kier alpha value is -2.49. The summed E-state index contributed by atoms with van der Waals surface area (Å²) in [7, 11) is 0. The van der Waals surface area contributed by atoms with Gasteiger partial charge in [0.05, 0.1) is 0 Å². The van der Waals surface area contributed by atoms with Crippen LogP contribution in [0.1, 0.15) is 34.9 Å². The average Bonchev–Trinajstić information content (AvgIpc) is 2.49. The van der Waals surface area contributed by atoms with Gasteiger partial charge in [0.25, 0.3) is 5.92 Å². The number of hydrogen-bond acceptors (Lipinski definition) is 1. The molecule has 1 aromatic heterocycles. The Balaban J connectivity index is 2.49. The monoisotopic (exact) mass is 329 g/mol. The van der Waals surface area contributed by atoms with E-state index in [-0.39, 0.29) is 5.56 Å². The van der Waals surface area contributed by atoms with Crippen LogP contribution >= 0.6 is 0 Å². The lowest BCUT2D eigenvalue weighted by Gasteiger charge is -2.16. The van der Waals surface area contributed by atoms with Crippen molar-refractivity contribution in [1.82, 2.24) is 4.98 Å². The molecule has 4 heteroatoms. The van der Waals surface area contributed by atoms with E-state index in [9.17, 15) is 13.6 Å². The van der Waals surface area contributed by atoms with Gasteiger partial charge in [0, 0.05) is 29.8 Å². The highest BCUT2D eigenvalue weighted by molar-refractivity contribution is 5.62. The normalized spacial score (nSPS) is 12.3. The molecule has 0 aliphatic heterocycles. The molecule has 0 aliphatic rings. The van der Waals surface area contributed by atoms with Gasteiger partial charge in [0.15, 0.2) is 0 Å². The van der Waals surface area contributed by atoms with Crippen LogP contribution in [0.4, 0.5) is 8.78 Å². The van der Waals surface area contributed by atoms with Crippen LogP contribution in [0.15, 0.2) is 53.4 Å². The third-order valence-electron chi connectivity index (χ3n) is 3.87.